The predicted molar refractivity (Wildman–Crippen MR) is 112 cm³/mol. The van der Waals surface area contributed by atoms with Crippen LogP contribution in [0, 0.1) is 11.3 Å². The van der Waals surface area contributed by atoms with Crippen LogP contribution in [0.4, 0.5) is 5.82 Å². The molecule has 0 aliphatic carbocycles. The summed E-state index contributed by atoms with van der Waals surface area (Å²) in [5.74, 6) is 0.320. The van der Waals surface area contributed by atoms with Crippen molar-refractivity contribution in [2.45, 2.75) is 45.6 Å². The van der Waals surface area contributed by atoms with Crippen LogP contribution in [0.5, 0.6) is 6.01 Å². The molecule has 146 valence electrons. The molecule has 0 saturated heterocycles. The molecular weight excluding hydrogens is 420 g/mol. The number of unbranched alkanes of at least 4 members (excludes halogenated alkanes) is 1. The number of aryl methyl sites for hydroxylation is 2. The smallest absolute Gasteiger partial charge is 0.320 e. The molecular formula is C20H23BrN6O. The van der Waals surface area contributed by atoms with Crippen LogP contribution in [0.3, 0.4) is 0 Å². The van der Waals surface area contributed by atoms with Gasteiger partial charge < -0.3 is 15.0 Å². The van der Waals surface area contributed by atoms with Crippen LogP contribution < -0.4 is 10.5 Å². The highest BCUT2D eigenvalue weighted by molar-refractivity contribution is 9.10. The van der Waals surface area contributed by atoms with E-state index in [0.29, 0.717) is 34.7 Å². The summed E-state index contributed by atoms with van der Waals surface area (Å²) in [5, 5.41) is 8.86. The van der Waals surface area contributed by atoms with Crippen molar-refractivity contribution in [3.63, 3.8) is 0 Å². The van der Waals surface area contributed by atoms with Gasteiger partial charge in [0.25, 0.3) is 0 Å². The third kappa shape index (κ3) is 4.78. The Morgan fingerprint density at radius 1 is 1.21 bits per heavy atom. The normalized spacial score (nSPS) is 10.9. The number of aromatic nitrogens is 4. The number of nitrogens with zero attached hydrogens (tertiary/aromatic N) is 5. The molecule has 3 aromatic rings. The molecule has 0 spiro atoms. The van der Waals surface area contributed by atoms with E-state index in [1.54, 1.807) is 0 Å². The second-order valence-corrected chi connectivity index (χ2v) is 7.27. The molecule has 0 bridgehead atoms. The molecule has 28 heavy (non-hydrogen) atoms. The van der Waals surface area contributed by atoms with Crippen molar-refractivity contribution >= 4 is 32.9 Å². The van der Waals surface area contributed by atoms with Gasteiger partial charge in [-0.15, -0.1) is 0 Å². The molecule has 1 aromatic carbocycles. The highest BCUT2D eigenvalue weighted by Crippen LogP contribution is 2.25. The predicted octanol–water partition coefficient (Wildman–Crippen LogP) is 4.05. The second kappa shape index (κ2) is 9.51. The molecule has 0 aliphatic rings. The van der Waals surface area contributed by atoms with E-state index in [9.17, 15) is 0 Å². The summed E-state index contributed by atoms with van der Waals surface area (Å²) in [6.45, 7) is 3.39. The largest absolute Gasteiger partial charge is 0.463 e. The quantitative estimate of drug-likeness (QED) is 0.395. The number of rotatable bonds is 9. The fourth-order valence-electron chi connectivity index (χ4n) is 2.97. The van der Waals surface area contributed by atoms with Gasteiger partial charge in [-0.1, -0.05) is 37.6 Å². The first-order valence-electron chi connectivity index (χ1n) is 9.39. The Balaban J connectivity index is 1.74. The minimum Gasteiger partial charge on any atom is -0.463 e. The van der Waals surface area contributed by atoms with Gasteiger partial charge >= 0.3 is 6.01 Å². The lowest BCUT2D eigenvalue weighted by Gasteiger charge is -2.08. The summed E-state index contributed by atoms with van der Waals surface area (Å²) in [7, 11) is 0. The van der Waals surface area contributed by atoms with Gasteiger partial charge in [0.15, 0.2) is 21.7 Å². The van der Waals surface area contributed by atoms with Crippen molar-refractivity contribution in [3.8, 4) is 12.1 Å². The van der Waals surface area contributed by atoms with Crippen LogP contribution in [-0.4, -0.2) is 26.1 Å². The number of benzene rings is 1. The number of nitriles is 1. The zero-order valence-corrected chi connectivity index (χ0v) is 17.4. The van der Waals surface area contributed by atoms with Gasteiger partial charge in [-0.2, -0.15) is 15.2 Å². The van der Waals surface area contributed by atoms with Crippen LogP contribution in [0.25, 0.3) is 11.2 Å². The molecule has 0 radical (unpaired) electrons. The van der Waals surface area contributed by atoms with Gasteiger partial charge in [-0.3, -0.25) is 0 Å². The molecule has 0 aliphatic heterocycles. The monoisotopic (exact) mass is 442 g/mol. The molecule has 2 aromatic heterocycles. The van der Waals surface area contributed by atoms with Crippen molar-refractivity contribution in [1.82, 2.24) is 19.5 Å². The lowest BCUT2D eigenvalue weighted by molar-refractivity contribution is 0.286. The van der Waals surface area contributed by atoms with Crippen molar-refractivity contribution < 1.29 is 4.74 Å². The third-order valence-corrected chi connectivity index (χ3v) is 5.01. The highest BCUT2D eigenvalue weighted by atomic mass is 79.9. The number of halogens is 1. The van der Waals surface area contributed by atoms with Crippen LogP contribution in [0.2, 0.25) is 0 Å². The van der Waals surface area contributed by atoms with Gasteiger partial charge in [0.2, 0.25) is 0 Å². The Labute approximate surface area is 172 Å². The zero-order valence-electron chi connectivity index (χ0n) is 15.9. The first-order valence-corrected chi connectivity index (χ1v) is 10.2. The molecule has 7 nitrogen and oxygen atoms in total. The third-order valence-electron chi connectivity index (χ3n) is 4.41. The Kier molecular flexibility index (Phi) is 6.82. The fourth-order valence-corrected chi connectivity index (χ4v) is 3.50. The lowest BCUT2D eigenvalue weighted by atomic mass is 10.1. The van der Waals surface area contributed by atoms with E-state index in [1.807, 2.05) is 16.7 Å². The lowest BCUT2D eigenvalue weighted by Crippen LogP contribution is -2.06. The van der Waals surface area contributed by atoms with Gasteiger partial charge in [-0.05, 0) is 46.3 Å². The number of hydrogen-bond acceptors (Lipinski definition) is 6. The van der Waals surface area contributed by atoms with Crippen molar-refractivity contribution in [2.75, 3.05) is 12.3 Å². The number of fused-ring (bicyclic) bond motifs is 1. The van der Waals surface area contributed by atoms with E-state index < -0.39 is 0 Å². The first kappa shape index (κ1) is 20.1. The minimum atomic E-state index is 0.288. The summed E-state index contributed by atoms with van der Waals surface area (Å²) in [6, 6.07) is 10.6. The summed E-state index contributed by atoms with van der Waals surface area (Å²) in [4.78, 5) is 13.2. The first-order chi connectivity index (χ1) is 13.6. The Morgan fingerprint density at radius 3 is 2.82 bits per heavy atom. The Bertz CT molecular complexity index is 994. The molecule has 0 unspecified atom stereocenters. The van der Waals surface area contributed by atoms with Crippen molar-refractivity contribution in [2.24, 2.45) is 0 Å². The molecule has 0 fully saturated rings. The average Bonchev–Trinajstić information content (AvgIpc) is 2.99. The number of nitrogens with two attached hydrogens (primary N) is 1. The number of ether oxygens (including phenoxy) is 1. The molecule has 0 saturated carbocycles. The molecule has 8 heteroatoms. The van der Waals surface area contributed by atoms with Gasteiger partial charge in [-0.25, -0.2) is 4.98 Å². The average molecular weight is 443 g/mol. The van der Waals surface area contributed by atoms with Crippen LogP contribution in [0.15, 0.2) is 29.0 Å². The van der Waals surface area contributed by atoms with Gasteiger partial charge in [0.05, 0.1) is 19.1 Å². The topological polar surface area (TPSA) is 103 Å². The van der Waals surface area contributed by atoms with E-state index in [0.717, 1.165) is 37.8 Å². The SMILES string of the molecule is CCCCOc1nc(N)c2nc(Br)n(CCCc3cccc(CC#N)c3)c2n1. The van der Waals surface area contributed by atoms with E-state index in [2.05, 4.69) is 56.0 Å². The minimum absolute atomic E-state index is 0.288. The van der Waals surface area contributed by atoms with Crippen LogP contribution >= 0.6 is 15.9 Å². The number of anilines is 1. The standard InChI is InChI=1S/C20H23BrN6O/c1-2-3-12-28-20-25-17(23)16-18(26-20)27(19(21)24-16)11-5-8-14-6-4-7-15(13-14)9-10-22/h4,6-7,13H,2-3,5,8-9,11-12H2,1H3,(H2,23,25,26). The fraction of sp³-hybridized carbons (Fsp3) is 0.400. The van der Waals surface area contributed by atoms with E-state index in [-0.39, 0.29) is 6.01 Å². The van der Waals surface area contributed by atoms with Crippen LogP contribution in [0.1, 0.15) is 37.3 Å². The summed E-state index contributed by atoms with van der Waals surface area (Å²) >= 11 is 3.50. The van der Waals surface area contributed by atoms with E-state index >= 15 is 0 Å². The maximum atomic E-state index is 8.86. The van der Waals surface area contributed by atoms with Crippen molar-refractivity contribution in [1.29, 1.82) is 5.26 Å². The van der Waals surface area contributed by atoms with Gasteiger partial charge in [0.1, 0.15) is 0 Å². The zero-order chi connectivity index (χ0) is 19.9. The number of nitrogen functional groups attached to an aromatic ring is 1. The molecule has 0 amide bonds. The maximum absolute atomic E-state index is 8.86. The molecule has 2 heterocycles. The van der Waals surface area contributed by atoms with Crippen molar-refractivity contribution in [3.05, 3.63) is 40.1 Å². The van der Waals surface area contributed by atoms with E-state index in [4.69, 9.17) is 15.7 Å². The molecule has 2 N–H and O–H groups in total. The Hall–Kier alpha value is -2.66. The van der Waals surface area contributed by atoms with Crippen LogP contribution in [-0.2, 0) is 19.4 Å². The second-order valence-electron chi connectivity index (χ2n) is 6.56. The van der Waals surface area contributed by atoms with E-state index in [1.165, 1.54) is 5.56 Å². The molecule has 0 atom stereocenters. The summed E-state index contributed by atoms with van der Waals surface area (Å²) in [5.41, 5.74) is 9.56. The molecule has 3 rings (SSSR count). The Morgan fingerprint density at radius 2 is 2.04 bits per heavy atom. The number of imidazole rings is 1. The number of hydrogen-bond donors (Lipinski definition) is 1. The maximum Gasteiger partial charge on any atom is 0.320 e. The van der Waals surface area contributed by atoms with Gasteiger partial charge in [0, 0.05) is 6.54 Å². The summed E-state index contributed by atoms with van der Waals surface area (Å²) < 4.78 is 8.28. The highest BCUT2D eigenvalue weighted by Gasteiger charge is 2.16. The summed E-state index contributed by atoms with van der Waals surface area (Å²) in [6.07, 6.45) is 4.20.